The number of rotatable bonds is 5. The second-order valence-electron chi connectivity index (χ2n) is 8.89. The molecule has 30 heavy (non-hydrogen) atoms. The molecular weight excluding hydrogens is 432 g/mol. The van der Waals surface area contributed by atoms with Gasteiger partial charge in [-0.15, -0.1) is 10.2 Å². The van der Waals surface area contributed by atoms with Crippen LogP contribution in [0, 0.1) is 17.8 Å². The third kappa shape index (κ3) is 3.33. The fourth-order valence-electron chi connectivity index (χ4n) is 5.93. The van der Waals surface area contributed by atoms with Crippen molar-refractivity contribution in [3.8, 4) is 0 Å². The zero-order valence-corrected chi connectivity index (χ0v) is 17.7. The molecule has 0 radical (unpaired) electrons. The molecule has 1 N–H and O–H groups in total. The van der Waals surface area contributed by atoms with Crippen LogP contribution in [0.25, 0.3) is 0 Å². The Morgan fingerprint density at radius 1 is 1.03 bits per heavy atom. The minimum atomic E-state index is -4.68. The number of halogens is 2. The number of hydrogen-bond acceptors (Lipinski definition) is 6. The van der Waals surface area contributed by atoms with E-state index in [4.69, 9.17) is 0 Å². The monoisotopic (exact) mass is 453 g/mol. The molecule has 160 valence electrons. The summed E-state index contributed by atoms with van der Waals surface area (Å²) in [5.74, 6) is -1.64. The predicted molar refractivity (Wildman–Crippen MR) is 107 cm³/mol. The standard InChI is InChI=1S/C20H21F2N3O3S2/c21-18(22)30(27,28)15-3-1-14(2-4-15)16(26)23-19-25-24-17(29-19)20-8-11-5-12(9-20)7-13(6-11)10-20/h1-4,11-13,18H,5-10H2,(H,23,25,26). The zero-order chi connectivity index (χ0) is 21.1. The molecule has 6 rings (SSSR count). The number of amides is 1. The van der Waals surface area contributed by atoms with Crippen molar-refractivity contribution < 1.29 is 22.0 Å². The summed E-state index contributed by atoms with van der Waals surface area (Å²) in [6, 6.07) is 4.45. The summed E-state index contributed by atoms with van der Waals surface area (Å²) >= 11 is 1.41. The van der Waals surface area contributed by atoms with E-state index in [2.05, 4.69) is 15.5 Å². The van der Waals surface area contributed by atoms with Crippen molar-refractivity contribution in [1.29, 1.82) is 0 Å². The minimum Gasteiger partial charge on any atom is -0.296 e. The van der Waals surface area contributed by atoms with Crippen LogP contribution in [0.1, 0.15) is 53.9 Å². The van der Waals surface area contributed by atoms with Crippen molar-refractivity contribution >= 4 is 32.2 Å². The van der Waals surface area contributed by atoms with Gasteiger partial charge in [-0.2, -0.15) is 8.78 Å². The molecular formula is C20H21F2N3O3S2. The van der Waals surface area contributed by atoms with Gasteiger partial charge in [-0.1, -0.05) is 11.3 Å². The molecule has 1 amide bonds. The summed E-state index contributed by atoms with van der Waals surface area (Å²) in [7, 11) is -4.68. The van der Waals surface area contributed by atoms with Gasteiger partial charge in [-0.25, -0.2) is 8.42 Å². The van der Waals surface area contributed by atoms with E-state index in [0.717, 1.165) is 54.2 Å². The van der Waals surface area contributed by atoms with Crippen molar-refractivity contribution in [3.05, 3.63) is 34.8 Å². The second-order valence-corrected chi connectivity index (χ2v) is 11.8. The van der Waals surface area contributed by atoms with Crippen LogP contribution in [-0.2, 0) is 15.3 Å². The lowest BCUT2D eigenvalue weighted by Crippen LogP contribution is -2.48. The van der Waals surface area contributed by atoms with Crippen LogP contribution in [0.4, 0.5) is 13.9 Å². The van der Waals surface area contributed by atoms with E-state index in [1.165, 1.54) is 42.7 Å². The number of sulfone groups is 1. The Balaban J connectivity index is 1.31. The number of benzene rings is 1. The van der Waals surface area contributed by atoms with Crippen molar-refractivity contribution in [3.63, 3.8) is 0 Å². The Morgan fingerprint density at radius 2 is 1.60 bits per heavy atom. The van der Waals surface area contributed by atoms with Gasteiger partial charge in [0.05, 0.1) is 4.90 Å². The highest BCUT2D eigenvalue weighted by Crippen LogP contribution is 2.61. The molecule has 6 nitrogen and oxygen atoms in total. The first kappa shape index (κ1) is 20.0. The number of carbonyl (C=O) groups is 1. The fraction of sp³-hybridized carbons (Fsp3) is 0.550. The maximum atomic E-state index is 12.6. The first-order valence-corrected chi connectivity index (χ1v) is 12.4. The molecule has 4 fully saturated rings. The largest absolute Gasteiger partial charge is 0.341 e. The van der Waals surface area contributed by atoms with Gasteiger partial charge in [-0.05, 0) is 80.5 Å². The van der Waals surface area contributed by atoms with Gasteiger partial charge in [-0.3, -0.25) is 10.1 Å². The summed E-state index contributed by atoms with van der Waals surface area (Å²) in [6.45, 7) is 0. The lowest BCUT2D eigenvalue weighted by molar-refractivity contribution is -0.00555. The van der Waals surface area contributed by atoms with Gasteiger partial charge in [0.1, 0.15) is 5.01 Å². The fourth-order valence-corrected chi connectivity index (χ4v) is 7.61. The first-order chi connectivity index (χ1) is 14.2. The molecule has 4 aliphatic carbocycles. The van der Waals surface area contributed by atoms with E-state index in [-0.39, 0.29) is 11.0 Å². The molecule has 0 aliphatic heterocycles. The van der Waals surface area contributed by atoms with E-state index < -0.39 is 26.4 Å². The summed E-state index contributed by atoms with van der Waals surface area (Å²) < 4.78 is 48.3. The molecule has 1 aromatic heterocycles. The number of alkyl halides is 2. The lowest BCUT2D eigenvalue weighted by atomic mass is 9.50. The third-order valence-corrected chi connectivity index (χ3v) is 9.30. The quantitative estimate of drug-likeness (QED) is 0.731. The Labute approximate surface area is 177 Å². The number of nitrogens with zero attached hydrogens (tertiary/aromatic N) is 2. The molecule has 1 heterocycles. The highest BCUT2D eigenvalue weighted by Gasteiger charge is 2.53. The maximum absolute atomic E-state index is 12.6. The van der Waals surface area contributed by atoms with Gasteiger partial charge in [0.25, 0.3) is 5.91 Å². The summed E-state index contributed by atoms with van der Waals surface area (Å²) in [5, 5.41) is 12.7. The van der Waals surface area contributed by atoms with Crippen molar-refractivity contribution in [2.75, 3.05) is 5.32 Å². The van der Waals surface area contributed by atoms with E-state index in [0.29, 0.717) is 5.13 Å². The molecule has 4 saturated carbocycles. The van der Waals surface area contributed by atoms with Crippen LogP contribution in [0.2, 0.25) is 0 Å². The number of anilines is 1. The Hall–Kier alpha value is -1.94. The van der Waals surface area contributed by atoms with Crippen molar-refractivity contribution in [2.24, 2.45) is 17.8 Å². The Morgan fingerprint density at radius 3 is 2.13 bits per heavy atom. The topological polar surface area (TPSA) is 89.0 Å². The molecule has 2 aromatic rings. The smallest absolute Gasteiger partial charge is 0.296 e. The van der Waals surface area contributed by atoms with Crippen LogP contribution in [-0.4, -0.2) is 30.3 Å². The van der Waals surface area contributed by atoms with Gasteiger partial charge in [0.2, 0.25) is 15.0 Å². The minimum absolute atomic E-state index is 0.0979. The van der Waals surface area contributed by atoms with Crippen LogP contribution >= 0.6 is 11.3 Å². The van der Waals surface area contributed by atoms with E-state index >= 15 is 0 Å². The summed E-state index contributed by atoms with van der Waals surface area (Å²) in [6.07, 6.45) is 7.46. The molecule has 0 saturated heterocycles. The Kier molecular flexibility index (Phi) is 4.70. The average molecular weight is 454 g/mol. The first-order valence-electron chi connectivity index (χ1n) is 10.0. The van der Waals surface area contributed by atoms with Gasteiger partial charge in [0.15, 0.2) is 0 Å². The lowest BCUT2D eigenvalue weighted by Gasteiger charge is -2.55. The Bertz CT molecular complexity index is 1050. The second kappa shape index (κ2) is 7.05. The highest BCUT2D eigenvalue weighted by molar-refractivity contribution is 7.91. The zero-order valence-electron chi connectivity index (χ0n) is 16.1. The van der Waals surface area contributed by atoms with Gasteiger partial charge < -0.3 is 0 Å². The number of nitrogens with one attached hydrogen (secondary N) is 1. The summed E-state index contributed by atoms with van der Waals surface area (Å²) in [5.41, 5.74) is 0.260. The van der Waals surface area contributed by atoms with Crippen LogP contribution in [0.15, 0.2) is 29.2 Å². The molecule has 0 spiro atoms. The molecule has 4 aliphatic rings. The molecule has 0 unspecified atom stereocenters. The van der Waals surface area contributed by atoms with Crippen LogP contribution in [0.3, 0.4) is 0 Å². The van der Waals surface area contributed by atoms with Crippen molar-refractivity contribution in [1.82, 2.24) is 10.2 Å². The molecule has 1 aromatic carbocycles. The van der Waals surface area contributed by atoms with E-state index in [1.807, 2.05) is 0 Å². The summed E-state index contributed by atoms with van der Waals surface area (Å²) in [4.78, 5) is 12.0. The van der Waals surface area contributed by atoms with Gasteiger partial charge >= 0.3 is 5.76 Å². The number of carbonyl (C=O) groups excluding carboxylic acids is 1. The number of aromatic nitrogens is 2. The normalized spacial score (nSPS) is 30.0. The average Bonchev–Trinajstić information content (AvgIpc) is 3.16. The molecule has 10 heteroatoms. The molecule has 0 atom stereocenters. The predicted octanol–water partition coefficient (Wildman–Crippen LogP) is 4.25. The van der Waals surface area contributed by atoms with Gasteiger partial charge in [0, 0.05) is 11.0 Å². The molecule has 4 bridgehead atoms. The van der Waals surface area contributed by atoms with Crippen LogP contribution < -0.4 is 5.32 Å². The number of hydrogen-bond donors (Lipinski definition) is 1. The highest BCUT2D eigenvalue weighted by atomic mass is 32.2. The van der Waals surface area contributed by atoms with Crippen LogP contribution in [0.5, 0.6) is 0 Å². The van der Waals surface area contributed by atoms with E-state index in [9.17, 15) is 22.0 Å². The third-order valence-electron chi connectivity index (χ3n) is 6.82. The SMILES string of the molecule is O=C(Nc1nnc(C23CC4CC(CC(C4)C2)C3)s1)c1ccc(S(=O)(=O)C(F)F)cc1. The van der Waals surface area contributed by atoms with Crippen molar-refractivity contribution in [2.45, 2.75) is 54.6 Å². The van der Waals surface area contributed by atoms with E-state index in [1.54, 1.807) is 0 Å². The maximum Gasteiger partial charge on any atom is 0.341 e.